The molecule has 0 aliphatic heterocycles. The summed E-state index contributed by atoms with van der Waals surface area (Å²) in [7, 11) is 0. The summed E-state index contributed by atoms with van der Waals surface area (Å²) < 4.78 is 6.93. The lowest BCUT2D eigenvalue weighted by Crippen LogP contribution is -1.97. The quantitative estimate of drug-likeness (QED) is 0.239. The minimum absolute atomic E-state index is 0.806. The van der Waals surface area contributed by atoms with Gasteiger partial charge in [-0.2, -0.15) is 0 Å². The highest BCUT2D eigenvalue weighted by atomic mass is 79.9. The molecule has 0 heterocycles. The number of rotatable bonds is 12. The maximum absolute atomic E-state index is 5.86. The smallest absolute Gasteiger partial charge is 0.119 e. The van der Waals surface area contributed by atoms with Crippen LogP contribution in [0.25, 0.3) is 0 Å². The molecule has 0 aromatic heterocycles. The first kappa shape index (κ1) is 22.6. The van der Waals surface area contributed by atoms with Gasteiger partial charge in [0.05, 0.1) is 6.61 Å². The molecule has 28 heavy (non-hydrogen) atoms. The van der Waals surface area contributed by atoms with Gasteiger partial charge in [-0.05, 0) is 55.0 Å². The SMILES string of the molecule is CCCCCCCCCCCCOc1ccc(C#Cc2ccc(Br)cc2)cc1. The summed E-state index contributed by atoms with van der Waals surface area (Å²) in [4.78, 5) is 0. The summed E-state index contributed by atoms with van der Waals surface area (Å²) in [5, 5.41) is 0. The second-order valence-electron chi connectivity index (χ2n) is 7.31. The Hall–Kier alpha value is -1.72. The van der Waals surface area contributed by atoms with E-state index >= 15 is 0 Å². The molecule has 0 saturated carbocycles. The molecule has 0 bridgehead atoms. The van der Waals surface area contributed by atoms with E-state index < -0.39 is 0 Å². The van der Waals surface area contributed by atoms with Crippen LogP contribution < -0.4 is 4.74 Å². The van der Waals surface area contributed by atoms with E-state index in [1.807, 2.05) is 48.5 Å². The van der Waals surface area contributed by atoms with Crippen molar-refractivity contribution in [3.8, 4) is 17.6 Å². The van der Waals surface area contributed by atoms with Crippen LogP contribution >= 0.6 is 15.9 Å². The number of hydrogen-bond donors (Lipinski definition) is 0. The lowest BCUT2D eigenvalue weighted by molar-refractivity contribution is 0.304. The van der Waals surface area contributed by atoms with Crippen molar-refractivity contribution < 1.29 is 4.74 Å². The van der Waals surface area contributed by atoms with E-state index in [0.717, 1.165) is 34.4 Å². The summed E-state index contributed by atoms with van der Waals surface area (Å²) in [5.41, 5.74) is 2.03. The Labute approximate surface area is 180 Å². The number of unbranched alkanes of at least 4 members (excludes halogenated alkanes) is 9. The molecular weight excluding hydrogens is 408 g/mol. The third-order valence-electron chi connectivity index (χ3n) is 4.82. The minimum Gasteiger partial charge on any atom is -0.494 e. The van der Waals surface area contributed by atoms with E-state index in [0.29, 0.717) is 0 Å². The largest absolute Gasteiger partial charge is 0.494 e. The Balaban J connectivity index is 1.56. The van der Waals surface area contributed by atoms with Crippen molar-refractivity contribution in [3.05, 3.63) is 64.1 Å². The molecule has 2 heteroatoms. The lowest BCUT2D eigenvalue weighted by Gasteiger charge is -2.06. The van der Waals surface area contributed by atoms with E-state index in [9.17, 15) is 0 Å². The van der Waals surface area contributed by atoms with Gasteiger partial charge >= 0.3 is 0 Å². The van der Waals surface area contributed by atoms with Crippen LogP contribution in [0.5, 0.6) is 5.75 Å². The molecule has 2 rings (SSSR count). The van der Waals surface area contributed by atoms with Crippen molar-refractivity contribution in [1.29, 1.82) is 0 Å². The Morgan fingerprint density at radius 3 is 1.64 bits per heavy atom. The van der Waals surface area contributed by atoms with Gasteiger partial charge in [0.25, 0.3) is 0 Å². The van der Waals surface area contributed by atoms with Crippen molar-refractivity contribution in [1.82, 2.24) is 0 Å². The van der Waals surface area contributed by atoms with Gasteiger partial charge in [0.2, 0.25) is 0 Å². The van der Waals surface area contributed by atoms with Crippen LogP contribution in [0, 0.1) is 11.8 Å². The third kappa shape index (κ3) is 10.00. The fourth-order valence-electron chi connectivity index (χ4n) is 3.09. The maximum Gasteiger partial charge on any atom is 0.119 e. The van der Waals surface area contributed by atoms with E-state index in [2.05, 4.69) is 34.7 Å². The van der Waals surface area contributed by atoms with Crippen LogP contribution in [0.3, 0.4) is 0 Å². The molecule has 0 atom stereocenters. The molecule has 0 unspecified atom stereocenters. The summed E-state index contributed by atoms with van der Waals surface area (Å²) in [5.74, 6) is 7.32. The molecule has 0 aliphatic carbocycles. The van der Waals surface area contributed by atoms with E-state index in [4.69, 9.17) is 4.74 Å². The van der Waals surface area contributed by atoms with Crippen molar-refractivity contribution >= 4 is 15.9 Å². The molecule has 0 aliphatic rings. The molecule has 0 saturated heterocycles. The molecule has 0 N–H and O–H groups in total. The van der Waals surface area contributed by atoms with Crippen LogP contribution in [0.4, 0.5) is 0 Å². The molecular formula is C26H33BrO. The molecule has 2 aromatic carbocycles. The highest BCUT2D eigenvalue weighted by Gasteiger charge is 1.96. The van der Waals surface area contributed by atoms with E-state index in [1.165, 1.54) is 57.8 Å². The Kier molecular flexibility index (Phi) is 11.5. The molecule has 150 valence electrons. The first-order chi connectivity index (χ1) is 13.8. The minimum atomic E-state index is 0.806. The first-order valence-electron chi connectivity index (χ1n) is 10.8. The standard InChI is InChI=1S/C26H33BrO/c1-2-3-4-5-6-7-8-9-10-11-22-28-26-20-16-24(17-21-26)13-12-23-14-18-25(27)19-15-23/h14-21H,2-11,22H2,1H3. The molecule has 0 fully saturated rings. The average molecular weight is 441 g/mol. The molecule has 0 radical (unpaired) electrons. The fraction of sp³-hybridized carbons (Fsp3) is 0.462. The summed E-state index contributed by atoms with van der Waals surface area (Å²) in [6, 6.07) is 16.1. The number of halogens is 1. The topological polar surface area (TPSA) is 9.23 Å². The van der Waals surface area contributed by atoms with Gasteiger partial charge in [0.15, 0.2) is 0 Å². The Morgan fingerprint density at radius 2 is 1.11 bits per heavy atom. The highest BCUT2D eigenvalue weighted by Crippen LogP contribution is 2.14. The van der Waals surface area contributed by atoms with Gasteiger partial charge in [0.1, 0.15) is 5.75 Å². The predicted octanol–water partition coefficient (Wildman–Crippen LogP) is 8.15. The van der Waals surface area contributed by atoms with Crippen LogP contribution in [0.15, 0.2) is 53.0 Å². The van der Waals surface area contributed by atoms with Crippen molar-refractivity contribution in [2.24, 2.45) is 0 Å². The molecule has 0 spiro atoms. The zero-order valence-electron chi connectivity index (χ0n) is 17.2. The van der Waals surface area contributed by atoms with Crippen molar-refractivity contribution in [3.63, 3.8) is 0 Å². The van der Waals surface area contributed by atoms with Gasteiger partial charge < -0.3 is 4.74 Å². The second kappa shape index (κ2) is 14.3. The van der Waals surface area contributed by atoms with Crippen molar-refractivity contribution in [2.45, 2.75) is 71.1 Å². The van der Waals surface area contributed by atoms with E-state index in [-0.39, 0.29) is 0 Å². The maximum atomic E-state index is 5.86. The number of ether oxygens (including phenoxy) is 1. The van der Waals surface area contributed by atoms with Crippen LogP contribution in [0.1, 0.15) is 82.3 Å². The summed E-state index contributed by atoms with van der Waals surface area (Å²) >= 11 is 3.44. The zero-order valence-corrected chi connectivity index (χ0v) is 18.8. The second-order valence-corrected chi connectivity index (χ2v) is 8.23. The monoisotopic (exact) mass is 440 g/mol. The molecule has 0 amide bonds. The Bertz CT molecular complexity index is 707. The van der Waals surface area contributed by atoms with Gasteiger partial charge in [-0.1, -0.05) is 92.5 Å². The van der Waals surface area contributed by atoms with Gasteiger partial charge in [-0.3, -0.25) is 0 Å². The van der Waals surface area contributed by atoms with Gasteiger partial charge in [0, 0.05) is 15.6 Å². The van der Waals surface area contributed by atoms with Crippen molar-refractivity contribution in [2.75, 3.05) is 6.61 Å². The molecule has 2 aromatic rings. The summed E-state index contributed by atoms with van der Waals surface area (Å²) in [6.07, 6.45) is 13.5. The Morgan fingerprint density at radius 1 is 0.643 bits per heavy atom. The van der Waals surface area contributed by atoms with Crippen LogP contribution in [-0.2, 0) is 0 Å². The van der Waals surface area contributed by atoms with Crippen LogP contribution in [-0.4, -0.2) is 6.61 Å². The highest BCUT2D eigenvalue weighted by molar-refractivity contribution is 9.10. The third-order valence-corrected chi connectivity index (χ3v) is 5.34. The summed E-state index contributed by atoms with van der Waals surface area (Å²) in [6.45, 7) is 3.08. The zero-order chi connectivity index (χ0) is 19.9. The molecule has 1 nitrogen and oxygen atoms in total. The fourth-order valence-corrected chi connectivity index (χ4v) is 3.36. The van der Waals surface area contributed by atoms with Gasteiger partial charge in [-0.25, -0.2) is 0 Å². The predicted molar refractivity (Wildman–Crippen MR) is 124 cm³/mol. The van der Waals surface area contributed by atoms with Crippen LogP contribution in [0.2, 0.25) is 0 Å². The number of hydrogen-bond acceptors (Lipinski definition) is 1. The normalized spacial score (nSPS) is 10.4. The average Bonchev–Trinajstić information content (AvgIpc) is 2.72. The van der Waals surface area contributed by atoms with Gasteiger partial charge in [-0.15, -0.1) is 0 Å². The first-order valence-corrected chi connectivity index (χ1v) is 11.6. The lowest BCUT2D eigenvalue weighted by atomic mass is 10.1. The number of benzene rings is 2. The van der Waals surface area contributed by atoms with E-state index in [1.54, 1.807) is 0 Å².